The summed E-state index contributed by atoms with van der Waals surface area (Å²) in [5.74, 6) is 1.95. The summed E-state index contributed by atoms with van der Waals surface area (Å²) in [6.45, 7) is 4.27. The molecule has 0 saturated heterocycles. The maximum absolute atomic E-state index is 13.2. The number of rotatable bonds is 6. The van der Waals surface area contributed by atoms with Crippen molar-refractivity contribution in [2.45, 2.75) is 39.2 Å². The second-order valence-corrected chi connectivity index (χ2v) is 9.24. The van der Waals surface area contributed by atoms with Crippen LogP contribution in [0, 0.1) is 16.7 Å². The van der Waals surface area contributed by atoms with Crippen LogP contribution in [-0.4, -0.2) is 20.0 Å². The van der Waals surface area contributed by atoms with Gasteiger partial charge in [0.05, 0.1) is 20.1 Å². The number of allylic oxidation sites excluding steroid dienone is 3. The van der Waals surface area contributed by atoms with Gasteiger partial charge in [-0.25, -0.2) is 0 Å². The van der Waals surface area contributed by atoms with Crippen molar-refractivity contribution in [3.8, 4) is 23.3 Å². The second kappa shape index (κ2) is 9.14. The van der Waals surface area contributed by atoms with E-state index in [-0.39, 0.29) is 29.3 Å². The first-order valence-corrected chi connectivity index (χ1v) is 11.0. The third-order valence-corrected chi connectivity index (χ3v) is 6.15. The van der Waals surface area contributed by atoms with Gasteiger partial charge in [-0.1, -0.05) is 26.0 Å². The summed E-state index contributed by atoms with van der Waals surface area (Å²) in [6, 6.07) is 15.1. The maximum atomic E-state index is 13.2. The van der Waals surface area contributed by atoms with Crippen molar-refractivity contribution >= 4 is 5.78 Å². The van der Waals surface area contributed by atoms with E-state index < -0.39 is 5.92 Å². The first-order chi connectivity index (χ1) is 16.3. The van der Waals surface area contributed by atoms with Crippen LogP contribution in [0.5, 0.6) is 17.2 Å². The lowest BCUT2D eigenvalue weighted by atomic mass is 9.70. The number of carbonyl (C=O) groups excluding carboxylic acids is 1. The van der Waals surface area contributed by atoms with Crippen LogP contribution in [0.1, 0.15) is 43.7 Å². The van der Waals surface area contributed by atoms with Crippen LogP contribution in [0.4, 0.5) is 0 Å². The van der Waals surface area contributed by atoms with Gasteiger partial charge in [-0.3, -0.25) is 4.79 Å². The van der Waals surface area contributed by atoms with E-state index in [0.717, 1.165) is 11.1 Å². The first kappa shape index (κ1) is 23.2. The Kier molecular flexibility index (Phi) is 6.25. The Labute approximate surface area is 199 Å². The third-order valence-electron chi connectivity index (χ3n) is 6.15. The average Bonchev–Trinajstić information content (AvgIpc) is 2.81. The number of hydrogen-bond donors (Lipinski definition) is 1. The molecule has 7 nitrogen and oxygen atoms in total. The van der Waals surface area contributed by atoms with Crippen molar-refractivity contribution in [2.24, 2.45) is 11.1 Å². The van der Waals surface area contributed by atoms with Gasteiger partial charge in [0, 0.05) is 30.0 Å². The minimum absolute atomic E-state index is 0.0264. The molecule has 0 bridgehead atoms. The SMILES string of the molecule is COc1cccc(OCc2cc([C@@H]3C(C#N)=C(N)OC4=C3C(=O)CC(C)(C)C4)ccc2OC)c1. The molecule has 0 aromatic heterocycles. The quantitative estimate of drug-likeness (QED) is 0.664. The molecule has 2 aliphatic rings. The van der Waals surface area contributed by atoms with E-state index >= 15 is 0 Å². The molecule has 0 amide bonds. The van der Waals surface area contributed by atoms with Gasteiger partial charge in [0.25, 0.3) is 0 Å². The minimum Gasteiger partial charge on any atom is -0.497 e. The second-order valence-electron chi connectivity index (χ2n) is 9.24. The van der Waals surface area contributed by atoms with Gasteiger partial charge in [0.15, 0.2) is 5.78 Å². The molecular weight excluding hydrogens is 432 g/mol. The number of nitrogens with zero attached hydrogens (tertiary/aromatic N) is 1. The van der Waals surface area contributed by atoms with Crippen molar-refractivity contribution in [3.05, 3.63) is 76.4 Å². The Bertz CT molecular complexity index is 1240. The zero-order valence-electron chi connectivity index (χ0n) is 19.8. The molecule has 7 heteroatoms. The lowest BCUT2D eigenvalue weighted by molar-refractivity contribution is -0.119. The Morgan fingerprint density at radius 2 is 1.88 bits per heavy atom. The fourth-order valence-electron chi connectivity index (χ4n) is 4.56. The number of ether oxygens (including phenoxy) is 4. The van der Waals surface area contributed by atoms with Crippen LogP contribution < -0.4 is 19.9 Å². The minimum atomic E-state index is -0.598. The number of methoxy groups -OCH3 is 2. The van der Waals surface area contributed by atoms with Crippen molar-refractivity contribution in [2.75, 3.05) is 14.2 Å². The molecule has 0 spiro atoms. The molecule has 34 heavy (non-hydrogen) atoms. The van der Waals surface area contributed by atoms with Crippen LogP contribution in [0.3, 0.4) is 0 Å². The van der Waals surface area contributed by atoms with Gasteiger partial charge < -0.3 is 24.7 Å². The van der Waals surface area contributed by atoms with Crippen molar-refractivity contribution < 1.29 is 23.7 Å². The van der Waals surface area contributed by atoms with Crippen LogP contribution in [0.2, 0.25) is 0 Å². The lowest BCUT2D eigenvalue weighted by Gasteiger charge is -2.37. The molecule has 0 radical (unpaired) electrons. The Balaban J connectivity index is 1.73. The molecule has 2 N–H and O–H groups in total. The van der Waals surface area contributed by atoms with Crippen molar-refractivity contribution in [3.63, 3.8) is 0 Å². The number of hydrogen-bond acceptors (Lipinski definition) is 7. The molecule has 4 rings (SSSR count). The number of carbonyl (C=O) groups is 1. The molecule has 1 aliphatic carbocycles. The van der Waals surface area contributed by atoms with E-state index in [0.29, 0.717) is 41.4 Å². The van der Waals surface area contributed by atoms with E-state index in [1.54, 1.807) is 20.3 Å². The highest BCUT2D eigenvalue weighted by atomic mass is 16.5. The number of nitriles is 1. The van der Waals surface area contributed by atoms with Crippen LogP contribution >= 0.6 is 0 Å². The lowest BCUT2D eigenvalue weighted by Crippen LogP contribution is -2.33. The van der Waals surface area contributed by atoms with E-state index in [2.05, 4.69) is 6.07 Å². The van der Waals surface area contributed by atoms with Crippen molar-refractivity contribution in [1.82, 2.24) is 0 Å². The predicted octanol–water partition coefficient (Wildman–Crippen LogP) is 4.73. The number of nitrogens with two attached hydrogens (primary N) is 1. The monoisotopic (exact) mass is 460 g/mol. The zero-order chi connectivity index (χ0) is 24.5. The van der Waals surface area contributed by atoms with Gasteiger partial charge in [0.2, 0.25) is 5.88 Å². The molecule has 0 unspecified atom stereocenters. The van der Waals surface area contributed by atoms with E-state index in [1.807, 2.05) is 50.2 Å². The highest BCUT2D eigenvalue weighted by Crippen LogP contribution is 2.48. The summed E-state index contributed by atoms with van der Waals surface area (Å²) >= 11 is 0. The van der Waals surface area contributed by atoms with Crippen LogP contribution in [-0.2, 0) is 16.1 Å². The summed E-state index contributed by atoms with van der Waals surface area (Å²) < 4.78 is 22.6. The maximum Gasteiger partial charge on any atom is 0.205 e. The molecular formula is C27H28N2O5. The molecule has 176 valence electrons. The van der Waals surface area contributed by atoms with E-state index in [9.17, 15) is 10.1 Å². The largest absolute Gasteiger partial charge is 0.497 e. The Morgan fingerprint density at radius 3 is 2.59 bits per heavy atom. The number of Topliss-reactive ketones (excluding diaryl/α,β-unsaturated/α-hetero) is 1. The van der Waals surface area contributed by atoms with Crippen LogP contribution in [0.15, 0.2) is 65.3 Å². The summed E-state index contributed by atoms with van der Waals surface area (Å²) in [6.07, 6.45) is 0.957. The fraction of sp³-hybridized carbons (Fsp3) is 0.333. The summed E-state index contributed by atoms with van der Waals surface area (Å²) in [5.41, 5.74) is 8.18. The molecule has 2 aromatic carbocycles. The van der Waals surface area contributed by atoms with Gasteiger partial charge in [-0.05, 0) is 35.2 Å². The fourth-order valence-corrected chi connectivity index (χ4v) is 4.56. The topological polar surface area (TPSA) is 104 Å². The molecule has 1 atom stereocenters. The Morgan fingerprint density at radius 1 is 1.12 bits per heavy atom. The smallest absolute Gasteiger partial charge is 0.205 e. The summed E-state index contributed by atoms with van der Waals surface area (Å²) in [4.78, 5) is 13.2. The summed E-state index contributed by atoms with van der Waals surface area (Å²) in [5, 5.41) is 9.88. The molecule has 2 aromatic rings. The normalized spacial score (nSPS) is 19.1. The standard InChI is InChI=1S/C27H28N2O5/c1-27(2)12-21(30)25-23(13-27)34-26(29)20(14-28)24(25)16-8-9-22(32-4)17(10-16)15-33-19-7-5-6-18(11-19)31-3/h5-11,24H,12-13,15,29H2,1-4H3/t24-/m1/s1. The highest BCUT2D eigenvalue weighted by molar-refractivity contribution is 6.00. The third kappa shape index (κ3) is 4.44. The van der Waals surface area contributed by atoms with Crippen molar-refractivity contribution in [1.29, 1.82) is 5.26 Å². The predicted molar refractivity (Wildman–Crippen MR) is 126 cm³/mol. The van der Waals surface area contributed by atoms with Gasteiger partial charge in [-0.2, -0.15) is 5.26 Å². The molecule has 0 saturated carbocycles. The van der Waals surface area contributed by atoms with Crippen LogP contribution in [0.25, 0.3) is 0 Å². The van der Waals surface area contributed by atoms with Gasteiger partial charge in [-0.15, -0.1) is 0 Å². The number of ketones is 1. The van der Waals surface area contributed by atoms with Gasteiger partial charge in [0.1, 0.15) is 41.3 Å². The zero-order valence-corrected chi connectivity index (χ0v) is 19.8. The Hall–Kier alpha value is -3.92. The molecule has 1 heterocycles. The van der Waals surface area contributed by atoms with E-state index in [4.69, 9.17) is 24.7 Å². The van der Waals surface area contributed by atoms with Gasteiger partial charge >= 0.3 is 0 Å². The first-order valence-electron chi connectivity index (χ1n) is 11.0. The molecule has 0 fully saturated rings. The van der Waals surface area contributed by atoms with E-state index in [1.165, 1.54) is 0 Å². The number of benzene rings is 2. The summed E-state index contributed by atoms with van der Waals surface area (Å²) in [7, 11) is 3.19. The molecule has 1 aliphatic heterocycles. The average molecular weight is 461 g/mol. The highest BCUT2D eigenvalue weighted by Gasteiger charge is 2.43.